The normalized spacial score (nSPS) is 12.3. The van der Waals surface area contributed by atoms with Crippen molar-refractivity contribution in [1.82, 2.24) is 4.90 Å². The summed E-state index contributed by atoms with van der Waals surface area (Å²) in [6.45, 7) is 3.30. The molecule has 0 unspecified atom stereocenters. The molecular formula is C22H24FNO3. The number of benzene rings is 2. The maximum atomic E-state index is 14.0. The van der Waals surface area contributed by atoms with E-state index in [1.807, 2.05) is 48.2 Å². The van der Waals surface area contributed by atoms with Crippen LogP contribution in [0.15, 0.2) is 71.3 Å². The summed E-state index contributed by atoms with van der Waals surface area (Å²) < 4.78 is 25.2. The number of aryl methyl sites for hydroxylation is 1. The lowest BCUT2D eigenvalue weighted by atomic mass is 10.2. The van der Waals surface area contributed by atoms with Gasteiger partial charge in [-0.05, 0) is 36.8 Å². The summed E-state index contributed by atoms with van der Waals surface area (Å²) in [6, 6.07) is 18.0. The van der Waals surface area contributed by atoms with Gasteiger partial charge < -0.3 is 14.3 Å². The average Bonchev–Trinajstić information content (AvgIpc) is 3.16. The third-order valence-corrected chi connectivity index (χ3v) is 4.31. The third kappa shape index (κ3) is 5.67. The minimum absolute atomic E-state index is 0.163. The van der Waals surface area contributed by atoms with Crippen LogP contribution in [0.1, 0.15) is 16.9 Å². The maximum Gasteiger partial charge on any atom is 0.127 e. The fourth-order valence-corrected chi connectivity index (χ4v) is 2.93. The zero-order valence-corrected chi connectivity index (χ0v) is 15.3. The van der Waals surface area contributed by atoms with E-state index < -0.39 is 6.10 Å². The molecular weight excluding hydrogens is 345 g/mol. The number of aliphatic hydroxyl groups is 1. The van der Waals surface area contributed by atoms with Crippen LogP contribution in [0.4, 0.5) is 4.39 Å². The van der Waals surface area contributed by atoms with Gasteiger partial charge in [0.25, 0.3) is 0 Å². The van der Waals surface area contributed by atoms with Crippen LogP contribution in [-0.4, -0.2) is 29.3 Å². The molecule has 27 heavy (non-hydrogen) atoms. The zero-order valence-electron chi connectivity index (χ0n) is 15.3. The molecule has 0 radical (unpaired) electrons. The minimum atomic E-state index is -0.716. The lowest BCUT2D eigenvalue weighted by Crippen LogP contribution is -2.35. The SMILES string of the molecule is Cc1ccccc1OC[C@@H](O)CN(Cc1ccco1)Cc1ccccc1F. The van der Waals surface area contributed by atoms with Crippen molar-refractivity contribution in [1.29, 1.82) is 0 Å². The number of hydrogen-bond acceptors (Lipinski definition) is 4. The Balaban J connectivity index is 1.63. The molecule has 1 aromatic heterocycles. The van der Waals surface area contributed by atoms with Crippen molar-refractivity contribution in [3.05, 3.63) is 89.6 Å². The number of rotatable bonds is 9. The fraction of sp³-hybridized carbons (Fsp3) is 0.273. The Kier molecular flexibility index (Phi) is 6.63. The van der Waals surface area contributed by atoms with Crippen molar-refractivity contribution < 1.29 is 18.7 Å². The summed E-state index contributed by atoms with van der Waals surface area (Å²) in [7, 11) is 0. The highest BCUT2D eigenvalue weighted by atomic mass is 19.1. The van der Waals surface area contributed by atoms with Crippen molar-refractivity contribution in [3.8, 4) is 5.75 Å². The Morgan fingerprint density at radius 1 is 1.04 bits per heavy atom. The van der Waals surface area contributed by atoms with Crippen LogP contribution in [-0.2, 0) is 13.1 Å². The minimum Gasteiger partial charge on any atom is -0.491 e. The van der Waals surface area contributed by atoms with E-state index >= 15 is 0 Å². The predicted octanol–water partition coefficient (Wildman–Crippen LogP) is 4.17. The van der Waals surface area contributed by atoms with E-state index in [9.17, 15) is 9.50 Å². The molecule has 0 aliphatic carbocycles. The van der Waals surface area contributed by atoms with E-state index in [-0.39, 0.29) is 12.4 Å². The molecule has 5 heteroatoms. The Morgan fingerprint density at radius 3 is 2.56 bits per heavy atom. The van der Waals surface area contributed by atoms with Gasteiger partial charge in [0.15, 0.2) is 0 Å². The van der Waals surface area contributed by atoms with Crippen LogP contribution in [0.2, 0.25) is 0 Å². The van der Waals surface area contributed by atoms with Gasteiger partial charge in [-0.1, -0.05) is 36.4 Å². The molecule has 1 atom stereocenters. The lowest BCUT2D eigenvalue weighted by Gasteiger charge is -2.25. The van der Waals surface area contributed by atoms with Gasteiger partial charge in [-0.3, -0.25) is 4.90 Å². The number of para-hydroxylation sites is 1. The van der Waals surface area contributed by atoms with E-state index in [0.29, 0.717) is 25.2 Å². The maximum absolute atomic E-state index is 14.0. The highest BCUT2D eigenvalue weighted by Gasteiger charge is 2.16. The number of aliphatic hydroxyl groups excluding tert-OH is 1. The molecule has 142 valence electrons. The predicted molar refractivity (Wildman–Crippen MR) is 102 cm³/mol. The highest BCUT2D eigenvalue weighted by molar-refractivity contribution is 5.31. The zero-order chi connectivity index (χ0) is 19.1. The van der Waals surface area contributed by atoms with E-state index in [1.165, 1.54) is 6.07 Å². The molecule has 0 bridgehead atoms. The second-order valence-corrected chi connectivity index (χ2v) is 6.57. The van der Waals surface area contributed by atoms with E-state index in [0.717, 1.165) is 17.1 Å². The molecule has 1 heterocycles. The van der Waals surface area contributed by atoms with Gasteiger partial charge in [0.2, 0.25) is 0 Å². The van der Waals surface area contributed by atoms with Crippen molar-refractivity contribution >= 4 is 0 Å². The quantitative estimate of drug-likeness (QED) is 0.615. The molecule has 0 amide bonds. The molecule has 0 saturated heterocycles. The van der Waals surface area contributed by atoms with Crippen LogP contribution >= 0.6 is 0 Å². The first-order chi connectivity index (χ1) is 13.1. The second kappa shape index (κ2) is 9.35. The van der Waals surface area contributed by atoms with E-state index in [1.54, 1.807) is 24.5 Å². The summed E-state index contributed by atoms with van der Waals surface area (Å²) in [5.41, 5.74) is 1.60. The smallest absolute Gasteiger partial charge is 0.127 e. The molecule has 0 aliphatic heterocycles. The molecule has 1 N–H and O–H groups in total. The van der Waals surface area contributed by atoms with E-state index in [4.69, 9.17) is 9.15 Å². The van der Waals surface area contributed by atoms with E-state index in [2.05, 4.69) is 0 Å². The van der Waals surface area contributed by atoms with Gasteiger partial charge in [-0.2, -0.15) is 0 Å². The lowest BCUT2D eigenvalue weighted by molar-refractivity contribution is 0.0598. The van der Waals surface area contributed by atoms with Crippen molar-refractivity contribution in [2.45, 2.75) is 26.1 Å². The third-order valence-electron chi connectivity index (χ3n) is 4.31. The summed E-state index contributed by atoms with van der Waals surface area (Å²) in [4.78, 5) is 1.95. The Bertz CT molecular complexity index is 835. The van der Waals surface area contributed by atoms with Crippen molar-refractivity contribution in [3.63, 3.8) is 0 Å². The molecule has 0 aliphatic rings. The molecule has 3 aromatic rings. The fourth-order valence-electron chi connectivity index (χ4n) is 2.93. The number of hydrogen-bond donors (Lipinski definition) is 1. The number of ether oxygens (including phenoxy) is 1. The highest BCUT2D eigenvalue weighted by Crippen LogP contribution is 2.17. The number of nitrogens with zero attached hydrogens (tertiary/aromatic N) is 1. The summed E-state index contributed by atoms with van der Waals surface area (Å²) in [6.07, 6.45) is 0.889. The van der Waals surface area contributed by atoms with Gasteiger partial charge >= 0.3 is 0 Å². The Labute approximate surface area is 158 Å². The van der Waals surface area contributed by atoms with Gasteiger partial charge in [0.1, 0.15) is 30.0 Å². The van der Waals surface area contributed by atoms with Gasteiger partial charge in [-0.15, -0.1) is 0 Å². The number of furan rings is 1. The molecule has 0 spiro atoms. The molecule has 4 nitrogen and oxygen atoms in total. The van der Waals surface area contributed by atoms with Crippen LogP contribution in [0, 0.1) is 12.7 Å². The summed E-state index contributed by atoms with van der Waals surface area (Å²) >= 11 is 0. The molecule has 0 fully saturated rings. The van der Waals surface area contributed by atoms with Crippen LogP contribution in [0.5, 0.6) is 5.75 Å². The van der Waals surface area contributed by atoms with Crippen molar-refractivity contribution in [2.75, 3.05) is 13.2 Å². The Hall–Kier alpha value is -2.63. The van der Waals surface area contributed by atoms with Gasteiger partial charge in [0.05, 0.1) is 12.8 Å². The first kappa shape index (κ1) is 19.1. The van der Waals surface area contributed by atoms with Crippen molar-refractivity contribution in [2.24, 2.45) is 0 Å². The molecule has 2 aromatic carbocycles. The molecule has 0 saturated carbocycles. The largest absolute Gasteiger partial charge is 0.491 e. The average molecular weight is 369 g/mol. The monoisotopic (exact) mass is 369 g/mol. The molecule has 3 rings (SSSR count). The topological polar surface area (TPSA) is 45.8 Å². The standard InChI is InChI=1S/C22H24FNO3/c1-17-7-2-5-11-22(17)27-16-19(25)14-24(15-20-9-6-12-26-20)13-18-8-3-4-10-21(18)23/h2-12,19,25H,13-16H2,1H3/t19-/m0/s1. The van der Waals surface area contributed by atoms with Crippen LogP contribution in [0.3, 0.4) is 0 Å². The van der Waals surface area contributed by atoms with Gasteiger partial charge in [-0.25, -0.2) is 4.39 Å². The first-order valence-electron chi connectivity index (χ1n) is 8.96. The number of halogens is 1. The Morgan fingerprint density at radius 2 is 1.81 bits per heavy atom. The summed E-state index contributed by atoms with van der Waals surface area (Å²) in [5, 5.41) is 10.5. The van der Waals surface area contributed by atoms with Crippen LogP contribution in [0.25, 0.3) is 0 Å². The summed E-state index contributed by atoms with van der Waals surface area (Å²) in [5.74, 6) is 1.26. The van der Waals surface area contributed by atoms with Gasteiger partial charge in [0, 0.05) is 18.7 Å². The van der Waals surface area contributed by atoms with Crippen LogP contribution < -0.4 is 4.74 Å². The second-order valence-electron chi connectivity index (χ2n) is 6.57. The first-order valence-corrected chi connectivity index (χ1v) is 8.96.